The van der Waals surface area contributed by atoms with Crippen LogP contribution in [0.1, 0.15) is 109 Å². The third-order valence-corrected chi connectivity index (χ3v) is 5.68. The van der Waals surface area contributed by atoms with Crippen molar-refractivity contribution in [3.63, 3.8) is 0 Å². The Kier molecular flexibility index (Phi) is 17.4. The maximum absolute atomic E-state index is 12.3. The monoisotopic (exact) mass is 448 g/mol. The van der Waals surface area contributed by atoms with Crippen LogP contribution >= 0.6 is 0 Å². The zero-order valence-electron chi connectivity index (χ0n) is 20.1. The van der Waals surface area contributed by atoms with Crippen molar-refractivity contribution in [3.05, 3.63) is 35.9 Å². The van der Waals surface area contributed by atoms with Gasteiger partial charge in [0.05, 0.1) is 6.61 Å². The molecule has 0 saturated carbocycles. The van der Waals surface area contributed by atoms with Gasteiger partial charge in [0.2, 0.25) is 0 Å². The molecule has 0 spiro atoms. The van der Waals surface area contributed by atoms with E-state index >= 15 is 0 Å². The molecule has 0 aliphatic carbocycles. The largest absolute Gasteiger partial charge is 0.481 e. The van der Waals surface area contributed by atoms with E-state index in [2.05, 4.69) is 6.92 Å². The normalized spacial score (nSPS) is 11.9. The minimum absolute atomic E-state index is 0.0395. The number of carbonyl (C=O) groups is 2. The van der Waals surface area contributed by atoms with Gasteiger partial charge < -0.3 is 14.6 Å². The van der Waals surface area contributed by atoms with Crippen LogP contribution in [0.4, 0.5) is 0 Å². The van der Waals surface area contributed by atoms with E-state index in [1.807, 2.05) is 30.3 Å². The lowest BCUT2D eigenvalue weighted by molar-refractivity contribution is -0.155. The second kappa shape index (κ2) is 19.8. The zero-order chi connectivity index (χ0) is 23.3. The molecular formula is C27H44O5. The Morgan fingerprint density at radius 1 is 0.812 bits per heavy atom. The fourth-order valence-corrected chi connectivity index (χ4v) is 3.82. The standard InChI is InChI=1S/C27H44O5/c1-2-3-4-5-6-7-8-9-14-19-25(20-15-11-16-21-26(28)29)32-27(30)23-31-22-24-17-12-10-13-18-24/h10,12-13,17-18,25H,2-9,11,14-16,19-23H2,1H3,(H,28,29). The van der Waals surface area contributed by atoms with Gasteiger partial charge in [-0.2, -0.15) is 0 Å². The Morgan fingerprint density at radius 3 is 1.97 bits per heavy atom. The number of hydrogen-bond acceptors (Lipinski definition) is 4. The summed E-state index contributed by atoms with van der Waals surface area (Å²) in [5.74, 6) is -1.06. The number of unbranched alkanes of at least 4 members (excludes halogenated alkanes) is 10. The molecule has 1 aromatic rings. The number of esters is 1. The molecule has 182 valence electrons. The van der Waals surface area contributed by atoms with Crippen LogP contribution in [0.5, 0.6) is 0 Å². The van der Waals surface area contributed by atoms with Gasteiger partial charge in [0.25, 0.3) is 0 Å². The van der Waals surface area contributed by atoms with Crippen LogP contribution in [-0.2, 0) is 25.7 Å². The molecule has 1 aromatic carbocycles. The highest BCUT2D eigenvalue weighted by molar-refractivity contribution is 5.70. The first-order valence-electron chi connectivity index (χ1n) is 12.6. The van der Waals surface area contributed by atoms with E-state index in [4.69, 9.17) is 14.6 Å². The molecular weight excluding hydrogens is 404 g/mol. The van der Waals surface area contributed by atoms with Gasteiger partial charge in [-0.25, -0.2) is 4.79 Å². The highest BCUT2D eigenvalue weighted by atomic mass is 16.6. The maximum Gasteiger partial charge on any atom is 0.332 e. The molecule has 1 unspecified atom stereocenters. The minimum atomic E-state index is -0.752. The van der Waals surface area contributed by atoms with Crippen LogP contribution < -0.4 is 0 Å². The number of ether oxygens (including phenoxy) is 2. The first-order valence-corrected chi connectivity index (χ1v) is 12.6. The molecule has 0 aliphatic heterocycles. The number of carboxylic acids is 1. The average molecular weight is 449 g/mol. The summed E-state index contributed by atoms with van der Waals surface area (Å²) in [6, 6.07) is 9.78. The average Bonchev–Trinajstić information content (AvgIpc) is 2.78. The first-order chi connectivity index (χ1) is 15.6. The van der Waals surface area contributed by atoms with Gasteiger partial charge in [-0.15, -0.1) is 0 Å². The molecule has 1 rings (SSSR count). The second-order valence-corrected chi connectivity index (χ2v) is 8.70. The lowest BCUT2D eigenvalue weighted by Gasteiger charge is -2.18. The van der Waals surface area contributed by atoms with E-state index in [9.17, 15) is 9.59 Å². The van der Waals surface area contributed by atoms with Crippen molar-refractivity contribution in [2.24, 2.45) is 0 Å². The fraction of sp³-hybridized carbons (Fsp3) is 0.704. The number of carbonyl (C=O) groups excluding carboxylic acids is 1. The Bertz CT molecular complexity index is 587. The summed E-state index contributed by atoms with van der Waals surface area (Å²) < 4.78 is 11.2. The van der Waals surface area contributed by atoms with Gasteiger partial charge in [0, 0.05) is 6.42 Å². The Morgan fingerprint density at radius 2 is 1.38 bits per heavy atom. The van der Waals surface area contributed by atoms with Gasteiger partial charge in [0.1, 0.15) is 12.7 Å². The Balaban J connectivity index is 2.25. The third-order valence-electron chi connectivity index (χ3n) is 5.68. The molecule has 1 N–H and O–H groups in total. The molecule has 5 nitrogen and oxygen atoms in total. The molecule has 0 amide bonds. The number of rotatable bonds is 21. The molecule has 0 fully saturated rings. The van der Waals surface area contributed by atoms with Crippen LogP contribution in [0, 0.1) is 0 Å². The minimum Gasteiger partial charge on any atom is -0.481 e. The van der Waals surface area contributed by atoms with E-state index in [1.165, 1.54) is 51.4 Å². The first kappa shape index (κ1) is 28.2. The summed E-state index contributed by atoms with van der Waals surface area (Å²) >= 11 is 0. The number of hydrogen-bond donors (Lipinski definition) is 1. The third kappa shape index (κ3) is 16.8. The van der Waals surface area contributed by atoms with Crippen molar-refractivity contribution in [1.29, 1.82) is 0 Å². The van der Waals surface area contributed by atoms with Crippen LogP contribution in [0.3, 0.4) is 0 Å². The van der Waals surface area contributed by atoms with Gasteiger partial charge in [-0.05, 0) is 37.7 Å². The van der Waals surface area contributed by atoms with Gasteiger partial charge >= 0.3 is 11.9 Å². The molecule has 5 heteroatoms. The molecule has 0 radical (unpaired) electrons. The van der Waals surface area contributed by atoms with Crippen molar-refractivity contribution >= 4 is 11.9 Å². The van der Waals surface area contributed by atoms with Crippen LogP contribution in [0.2, 0.25) is 0 Å². The van der Waals surface area contributed by atoms with E-state index in [0.717, 1.165) is 37.7 Å². The summed E-state index contributed by atoms with van der Waals surface area (Å²) in [7, 11) is 0. The van der Waals surface area contributed by atoms with E-state index in [1.54, 1.807) is 0 Å². The smallest absolute Gasteiger partial charge is 0.332 e. The summed E-state index contributed by atoms with van der Waals surface area (Å²) in [6.07, 6.45) is 15.6. The van der Waals surface area contributed by atoms with E-state index < -0.39 is 5.97 Å². The quantitative estimate of drug-likeness (QED) is 0.161. The number of benzene rings is 1. The SMILES string of the molecule is CCCCCCCCCCCC(CCCCCC(=O)O)OC(=O)COCc1ccccc1. The van der Waals surface area contributed by atoms with Crippen LogP contribution in [0.15, 0.2) is 30.3 Å². The van der Waals surface area contributed by atoms with Crippen molar-refractivity contribution < 1.29 is 24.2 Å². The summed E-state index contributed by atoms with van der Waals surface area (Å²) in [5, 5.41) is 8.77. The van der Waals surface area contributed by atoms with Crippen molar-refractivity contribution in [2.75, 3.05) is 6.61 Å². The lowest BCUT2D eigenvalue weighted by atomic mass is 10.0. The molecule has 0 heterocycles. The lowest BCUT2D eigenvalue weighted by Crippen LogP contribution is -2.22. The molecule has 0 bridgehead atoms. The van der Waals surface area contributed by atoms with Crippen molar-refractivity contribution in [1.82, 2.24) is 0 Å². The zero-order valence-corrected chi connectivity index (χ0v) is 20.1. The summed E-state index contributed by atoms with van der Waals surface area (Å²) in [6.45, 7) is 2.60. The second-order valence-electron chi connectivity index (χ2n) is 8.70. The van der Waals surface area contributed by atoms with Gasteiger partial charge in [0.15, 0.2) is 0 Å². The number of aliphatic carboxylic acids is 1. The van der Waals surface area contributed by atoms with Crippen molar-refractivity contribution in [2.45, 2.75) is 116 Å². The molecule has 0 aromatic heterocycles. The Labute approximate surface area is 194 Å². The topological polar surface area (TPSA) is 72.8 Å². The number of carboxylic acid groups (broad SMARTS) is 1. The van der Waals surface area contributed by atoms with Gasteiger partial charge in [-0.3, -0.25) is 4.79 Å². The van der Waals surface area contributed by atoms with Gasteiger partial charge in [-0.1, -0.05) is 95.0 Å². The summed E-state index contributed by atoms with van der Waals surface area (Å²) in [4.78, 5) is 22.9. The highest BCUT2D eigenvalue weighted by Crippen LogP contribution is 2.17. The molecule has 1 atom stereocenters. The van der Waals surface area contributed by atoms with E-state index in [0.29, 0.717) is 13.0 Å². The molecule has 0 aliphatic rings. The predicted octanol–water partition coefficient (Wildman–Crippen LogP) is 7.07. The maximum atomic E-state index is 12.3. The predicted molar refractivity (Wildman–Crippen MR) is 129 cm³/mol. The highest BCUT2D eigenvalue weighted by Gasteiger charge is 2.14. The van der Waals surface area contributed by atoms with E-state index in [-0.39, 0.29) is 25.1 Å². The molecule has 32 heavy (non-hydrogen) atoms. The Hall–Kier alpha value is -1.88. The summed E-state index contributed by atoms with van der Waals surface area (Å²) in [5.41, 5.74) is 1.03. The van der Waals surface area contributed by atoms with Crippen LogP contribution in [0.25, 0.3) is 0 Å². The van der Waals surface area contributed by atoms with Crippen LogP contribution in [-0.4, -0.2) is 29.8 Å². The van der Waals surface area contributed by atoms with Crippen molar-refractivity contribution in [3.8, 4) is 0 Å². The molecule has 0 saturated heterocycles. The fourth-order valence-electron chi connectivity index (χ4n) is 3.82.